The first-order valence-electron chi connectivity index (χ1n) is 8.76. The predicted molar refractivity (Wildman–Crippen MR) is 93.0 cm³/mol. The van der Waals surface area contributed by atoms with Crippen molar-refractivity contribution in [2.24, 2.45) is 17.6 Å². The molecule has 1 saturated heterocycles. The highest BCUT2D eigenvalue weighted by atomic mass is 16.2. The Labute approximate surface area is 143 Å². The summed E-state index contributed by atoms with van der Waals surface area (Å²) < 4.78 is 0. The fraction of sp³-hybridized carbons (Fsp3) is 0.579. The topological polar surface area (TPSA) is 75.4 Å². The molecule has 1 aliphatic heterocycles. The van der Waals surface area contributed by atoms with Crippen LogP contribution in [0.25, 0.3) is 0 Å². The number of nitrogens with two attached hydrogens (primary N) is 1. The lowest BCUT2D eigenvalue weighted by Gasteiger charge is -2.30. The van der Waals surface area contributed by atoms with Crippen LogP contribution >= 0.6 is 0 Å². The van der Waals surface area contributed by atoms with Crippen molar-refractivity contribution in [1.82, 2.24) is 10.2 Å². The molecule has 1 aromatic carbocycles. The first-order chi connectivity index (χ1) is 11.4. The molecule has 0 radical (unpaired) electrons. The minimum atomic E-state index is -0.329. The molecule has 2 fully saturated rings. The second kappa shape index (κ2) is 6.55. The smallest absolute Gasteiger partial charge is 0.225 e. The Bertz CT molecular complexity index is 624. The van der Waals surface area contributed by atoms with Gasteiger partial charge in [0.05, 0.1) is 11.5 Å². The van der Waals surface area contributed by atoms with Gasteiger partial charge in [0.2, 0.25) is 11.8 Å². The normalized spacial score (nSPS) is 23.2. The number of likely N-dealkylation sites (tertiary alicyclic amines) is 1. The van der Waals surface area contributed by atoms with E-state index >= 15 is 0 Å². The number of hydrogen-bond donors (Lipinski definition) is 2. The minimum absolute atomic E-state index is 0.0328. The highest BCUT2D eigenvalue weighted by Crippen LogP contribution is 2.39. The van der Waals surface area contributed by atoms with Crippen molar-refractivity contribution in [3.05, 3.63) is 35.4 Å². The van der Waals surface area contributed by atoms with Gasteiger partial charge in [0, 0.05) is 26.1 Å². The summed E-state index contributed by atoms with van der Waals surface area (Å²) in [6.07, 6.45) is 2.54. The Hall–Kier alpha value is -1.88. The van der Waals surface area contributed by atoms with Gasteiger partial charge in [-0.2, -0.15) is 0 Å². The number of nitrogens with one attached hydrogen (secondary N) is 1. The number of nitrogens with zero attached hydrogens (tertiary/aromatic N) is 1. The summed E-state index contributed by atoms with van der Waals surface area (Å²) in [5, 5.41) is 3.12. The molecule has 1 heterocycles. The summed E-state index contributed by atoms with van der Waals surface area (Å²) in [6.45, 7) is 5.56. The van der Waals surface area contributed by atoms with E-state index in [1.807, 2.05) is 38.1 Å². The molecule has 1 aliphatic carbocycles. The van der Waals surface area contributed by atoms with Crippen molar-refractivity contribution in [2.45, 2.75) is 45.2 Å². The maximum atomic E-state index is 12.6. The molecule has 5 nitrogen and oxygen atoms in total. The van der Waals surface area contributed by atoms with Gasteiger partial charge >= 0.3 is 0 Å². The molecule has 3 rings (SSSR count). The second-order valence-corrected chi connectivity index (χ2v) is 7.55. The average molecular weight is 329 g/mol. The molecule has 3 N–H and O–H groups in total. The second-order valence-electron chi connectivity index (χ2n) is 7.55. The third-order valence-electron chi connectivity index (χ3n) is 5.39. The van der Waals surface area contributed by atoms with Crippen molar-refractivity contribution in [3.63, 3.8) is 0 Å². The number of carbonyl (C=O) groups excluding carboxylic acids is 2. The fourth-order valence-corrected chi connectivity index (χ4v) is 3.44. The van der Waals surface area contributed by atoms with E-state index < -0.39 is 0 Å². The lowest BCUT2D eigenvalue weighted by atomic mass is 9.94. The van der Waals surface area contributed by atoms with Gasteiger partial charge in [-0.25, -0.2) is 0 Å². The van der Waals surface area contributed by atoms with Crippen molar-refractivity contribution < 1.29 is 9.59 Å². The van der Waals surface area contributed by atoms with Gasteiger partial charge in [-0.3, -0.25) is 9.59 Å². The summed E-state index contributed by atoms with van der Waals surface area (Å²) in [5.74, 6) is 0.228. The summed E-state index contributed by atoms with van der Waals surface area (Å²) in [5.41, 5.74) is 7.84. The molecule has 0 bridgehead atoms. The van der Waals surface area contributed by atoms with Crippen LogP contribution in [0.15, 0.2) is 24.3 Å². The van der Waals surface area contributed by atoms with Gasteiger partial charge in [-0.1, -0.05) is 29.8 Å². The molecule has 0 spiro atoms. The SMILES string of the molecule is Cc1ccc(CN2CC(C(=O)NC(C)(CN)C3CC3)CC2=O)cc1. The summed E-state index contributed by atoms with van der Waals surface area (Å²) >= 11 is 0. The fourth-order valence-electron chi connectivity index (χ4n) is 3.44. The van der Waals surface area contributed by atoms with Crippen LogP contribution in [0, 0.1) is 18.8 Å². The molecule has 2 amide bonds. The van der Waals surface area contributed by atoms with Crippen LogP contribution < -0.4 is 11.1 Å². The molecule has 1 aromatic rings. The quantitative estimate of drug-likeness (QED) is 0.832. The van der Waals surface area contributed by atoms with E-state index in [4.69, 9.17) is 5.73 Å². The van der Waals surface area contributed by atoms with Crippen molar-refractivity contribution in [2.75, 3.05) is 13.1 Å². The Kier molecular flexibility index (Phi) is 4.63. The van der Waals surface area contributed by atoms with Crippen LogP contribution in [0.3, 0.4) is 0 Å². The summed E-state index contributed by atoms with van der Waals surface area (Å²) in [4.78, 5) is 26.6. The molecule has 5 heteroatoms. The highest BCUT2D eigenvalue weighted by molar-refractivity contribution is 5.89. The van der Waals surface area contributed by atoms with Crippen LogP contribution in [0.1, 0.15) is 37.3 Å². The third kappa shape index (κ3) is 3.61. The first-order valence-corrected chi connectivity index (χ1v) is 8.76. The van der Waals surface area contributed by atoms with E-state index in [2.05, 4.69) is 5.32 Å². The van der Waals surface area contributed by atoms with E-state index in [9.17, 15) is 9.59 Å². The largest absolute Gasteiger partial charge is 0.349 e. The third-order valence-corrected chi connectivity index (χ3v) is 5.39. The van der Waals surface area contributed by atoms with E-state index in [1.165, 1.54) is 5.56 Å². The molecular weight excluding hydrogens is 302 g/mol. The van der Waals surface area contributed by atoms with E-state index in [-0.39, 0.29) is 23.3 Å². The van der Waals surface area contributed by atoms with Crippen LogP contribution in [-0.4, -0.2) is 35.3 Å². The highest BCUT2D eigenvalue weighted by Gasteiger charge is 2.44. The van der Waals surface area contributed by atoms with Gasteiger partial charge in [0.15, 0.2) is 0 Å². The van der Waals surface area contributed by atoms with E-state index in [0.717, 1.165) is 18.4 Å². The monoisotopic (exact) mass is 329 g/mol. The lowest BCUT2D eigenvalue weighted by molar-refractivity contribution is -0.129. The Balaban J connectivity index is 1.59. The number of amides is 2. The molecule has 2 unspecified atom stereocenters. The standard InChI is InChI=1S/C19H27N3O2/c1-13-3-5-14(6-4-13)10-22-11-15(9-17(22)23)18(24)21-19(2,12-20)16-7-8-16/h3-6,15-16H,7-12,20H2,1-2H3,(H,21,24). The van der Waals surface area contributed by atoms with Crippen LogP contribution in [0.5, 0.6) is 0 Å². The van der Waals surface area contributed by atoms with Gasteiger partial charge in [-0.05, 0) is 38.2 Å². The van der Waals surface area contributed by atoms with Crippen molar-refractivity contribution >= 4 is 11.8 Å². The maximum Gasteiger partial charge on any atom is 0.225 e. The van der Waals surface area contributed by atoms with Crippen LogP contribution in [0.4, 0.5) is 0 Å². The van der Waals surface area contributed by atoms with Gasteiger partial charge in [0.25, 0.3) is 0 Å². The van der Waals surface area contributed by atoms with Crippen LogP contribution in [-0.2, 0) is 16.1 Å². The van der Waals surface area contributed by atoms with Crippen molar-refractivity contribution in [1.29, 1.82) is 0 Å². The number of benzene rings is 1. The molecule has 130 valence electrons. The van der Waals surface area contributed by atoms with Crippen LogP contribution in [0.2, 0.25) is 0 Å². The average Bonchev–Trinajstić information content (AvgIpc) is 3.35. The zero-order valence-electron chi connectivity index (χ0n) is 14.5. The first kappa shape index (κ1) is 17.0. The molecule has 24 heavy (non-hydrogen) atoms. The Morgan fingerprint density at radius 3 is 2.58 bits per heavy atom. The number of hydrogen-bond acceptors (Lipinski definition) is 3. The lowest BCUT2D eigenvalue weighted by Crippen LogP contribution is -2.54. The zero-order valence-corrected chi connectivity index (χ0v) is 14.5. The Morgan fingerprint density at radius 1 is 1.33 bits per heavy atom. The minimum Gasteiger partial charge on any atom is -0.349 e. The maximum absolute atomic E-state index is 12.6. The molecule has 0 aromatic heterocycles. The van der Waals surface area contributed by atoms with Gasteiger partial charge in [0.1, 0.15) is 0 Å². The number of aryl methyl sites for hydroxylation is 1. The Morgan fingerprint density at radius 2 is 2.00 bits per heavy atom. The van der Waals surface area contributed by atoms with E-state index in [1.54, 1.807) is 4.90 Å². The zero-order chi connectivity index (χ0) is 17.3. The summed E-state index contributed by atoms with van der Waals surface area (Å²) in [7, 11) is 0. The van der Waals surface area contributed by atoms with Gasteiger partial charge < -0.3 is 16.0 Å². The molecule has 1 saturated carbocycles. The van der Waals surface area contributed by atoms with E-state index in [0.29, 0.717) is 32.0 Å². The molecular formula is C19H27N3O2. The molecule has 2 aliphatic rings. The molecule has 2 atom stereocenters. The van der Waals surface area contributed by atoms with Gasteiger partial charge in [-0.15, -0.1) is 0 Å². The summed E-state index contributed by atoms with van der Waals surface area (Å²) in [6, 6.07) is 8.16. The number of carbonyl (C=O) groups is 2. The number of rotatable bonds is 6. The van der Waals surface area contributed by atoms with Crippen molar-refractivity contribution in [3.8, 4) is 0 Å². The predicted octanol–water partition coefficient (Wildman–Crippen LogP) is 1.59.